The molecule has 0 heterocycles. The van der Waals surface area contributed by atoms with Crippen molar-refractivity contribution in [2.45, 2.75) is 44.2 Å². The fourth-order valence-corrected chi connectivity index (χ4v) is 2.14. The van der Waals surface area contributed by atoms with Gasteiger partial charge in [-0.2, -0.15) is 0 Å². The lowest BCUT2D eigenvalue weighted by atomic mass is 9.85. The Balaban J connectivity index is 2.51. The normalized spacial score (nSPS) is 25.9. The van der Waals surface area contributed by atoms with E-state index in [9.17, 15) is 9.59 Å². The van der Waals surface area contributed by atoms with Crippen molar-refractivity contribution in [2.75, 3.05) is 0 Å². The number of aliphatic carboxylic acids is 1. The highest BCUT2D eigenvalue weighted by atomic mass is 16.4. The van der Waals surface area contributed by atoms with Gasteiger partial charge >= 0.3 is 5.97 Å². The van der Waals surface area contributed by atoms with E-state index < -0.39 is 12.0 Å². The van der Waals surface area contributed by atoms with Gasteiger partial charge in [-0.05, 0) is 25.7 Å². The van der Waals surface area contributed by atoms with Gasteiger partial charge in [-0.3, -0.25) is 4.79 Å². The summed E-state index contributed by atoms with van der Waals surface area (Å²) in [6.07, 6.45) is 5.04. The zero-order valence-electron chi connectivity index (χ0n) is 9.89. The Bertz CT molecular complexity index is 304. The van der Waals surface area contributed by atoms with Crippen LogP contribution in [-0.4, -0.2) is 29.1 Å². The first-order valence-electron chi connectivity index (χ1n) is 5.94. The van der Waals surface area contributed by atoms with Gasteiger partial charge in [0, 0.05) is 12.0 Å². The van der Waals surface area contributed by atoms with Gasteiger partial charge < -0.3 is 16.2 Å². The topological polar surface area (TPSA) is 92.4 Å². The second-order valence-corrected chi connectivity index (χ2v) is 4.55. The Labute approximate surface area is 101 Å². The maximum absolute atomic E-state index is 11.9. The molecule has 4 N–H and O–H groups in total. The Morgan fingerprint density at radius 2 is 2.24 bits per heavy atom. The molecular formula is C12H20N2O3. The van der Waals surface area contributed by atoms with Crippen molar-refractivity contribution in [3.8, 4) is 0 Å². The molecule has 0 radical (unpaired) electrons. The average molecular weight is 240 g/mol. The Kier molecular flexibility index (Phi) is 5.15. The highest BCUT2D eigenvalue weighted by Gasteiger charge is 2.28. The molecule has 1 amide bonds. The second kappa shape index (κ2) is 6.39. The third kappa shape index (κ3) is 4.19. The van der Waals surface area contributed by atoms with E-state index in [0.29, 0.717) is 6.42 Å². The fraction of sp³-hybridized carbons (Fsp3) is 0.667. The molecule has 96 valence electrons. The molecule has 0 aromatic heterocycles. The van der Waals surface area contributed by atoms with E-state index in [2.05, 4.69) is 11.9 Å². The molecule has 5 nitrogen and oxygen atoms in total. The number of hydrogen-bond acceptors (Lipinski definition) is 3. The van der Waals surface area contributed by atoms with Gasteiger partial charge in [-0.15, -0.1) is 6.58 Å². The van der Waals surface area contributed by atoms with E-state index in [-0.39, 0.29) is 24.3 Å². The minimum absolute atomic E-state index is 0.0576. The van der Waals surface area contributed by atoms with Gasteiger partial charge in [-0.1, -0.05) is 12.5 Å². The molecular weight excluding hydrogens is 220 g/mol. The van der Waals surface area contributed by atoms with Crippen LogP contribution in [0.15, 0.2) is 12.7 Å². The molecule has 17 heavy (non-hydrogen) atoms. The minimum atomic E-state index is -1.03. The Hall–Kier alpha value is -1.36. The highest BCUT2D eigenvalue weighted by Crippen LogP contribution is 2.23. The molecule has 0 spiro atoms. The lowest BCUT2D eigenvalue weighted by Crippen LogP contribution is -2.45. The summed E-state index contributed by atoms with van der Waals surface area (Å²) in [5, 5.41) is 11.5. The number of nitrogens with two attached hydrogens (primary N) is 1. The summed E-state index contributed by atoms with van der Waals surface area (Å²) in [6.45, 7) is 3.48. The van der Waals surface area contributed by atoms with Gasteiger partial charge in [0.15, 0.2) is 0 Å². The first kappa shape index (κ1) is 13.7. The summed E-state index contributed by atoms with van der Waals surface area (Å²) in [5.74, 6) is -1.38. The van der Waals surface area contributed by atoms with Crippen LogP contribution in [0.4, 0.5) is 0 Å². The number of carbonyl (C=O) groups is 2. The highest BCUT2D eigenvalue weighted by molar-refractivity contribution is 5.85. The molecule has 0 bridgehead atoms. The van der Waals surface area contributed by atoms with Crippen molar-refractivity contribution < 1.29 is 14.7 Å². The van der Waals surface area contributed by atoms with Crippen molar-refractivity contribution in [2.24, 2.45) is 11.7 Å². The first-order chi connectivity index (χ1) is 8.04. The number of rotatable bonds is 5. The molecule has 1 aliphatic rings. The maximum Gasteiger partial charge on any atom is 0.326 e. The number of carboxylic acids is 1. The van der Waals surface area contributed by atoms with Gasteiger partial charge in [0.25, 0.3) is 0 Å². The van der Waals surface area contributed by atoms with E-state index in [0.717, 1.165) is 19.3 Å². The van der Waals surface area contributed by atoms with Crippen LogP contribution in [-0.2, 0) is 9.59 Å². The molecule has 5 heteroatoms. The summed E-state index contributed by atoms with van der Waals surface area (Å²) in [4.78, 5) is 22.8. The average Bonchev–Trinajstić information content (AvgIpc) is 2.28. The number of carbonyl (C=O) groups excluding carboxylic acids is 1. The van der Waals surface area contributed by atoms with Gasteiger partial charge in [0.1, 0.15) is 6.04 Å². The van der Waals surface area contributed by atoms with Crippen LogP contribution in [0.2, 0.25) is 0 Å². The van der Waals surface area contributed by atoms with Gasteiger partial charge in [-0.25, -0.2) is 4.79 Å². The lowest BCUT2D eigenvalue weighted by Gasteiger charge is -2.26. The molecule has 3 atom stereocenters. The van der Waals surface area contributed by atoms with Crippen molar-refractivity contribution in [1.29, 1.82) is 0 Å². The van der Waals surface area contributed by atoms with Crippen molar-refractivity contribution in [3.63, 3.8) is 0 Å². The summed E-state index contributed by atoms with van der Waals surface area (Å²) < 4.78 is 0. The molecule has 1 rings (SSSR count). The largest absolute Gasteiger partial charge is 0.480 e. The number of nitrogens with one attached hydrogen (secondary N) is 1. The first-order valence-corrected chi connectivity index (χ1v) is 5.94. The van der Waals surface area contributed by atoms with Crippen molar-refractivity contribution in [3.05, 3.63) is 12.7 Å². The van der Waals surface area contributed by atoms with Crippen LogP contribution >= 0.6 is 0 Å². The number of hydrogen-bond donors (Lipinski definition) is 3. The monoisotopic (exact) mass is 240 g/mol. The van der Waals surface area contributed by atoms with Gasteiger partial charge in [0.2, 0.25) is 5.91 Å². The predicted molar refractivity (Wildman–Crippen MR) is 64.3 cm³/mol. The van der Waals surface area contributed by atoms with Crippen LogP contribution in [0.3, 0.4) is 0 Å². The van der Waals surface area contributed by atoms with Crippen LogP contribution in [0, 0.1) is 5.92 Å². The smallest absolute Gasteiger partial charge is 0.326 e. The van der Waals surface area contributed by atoms with Crippen LogP contribution < -0.4 is 11.1 Å². The molecule has 1 fully saturated rings. The maximum atomic E-state index is 11.9. The molecule has 0 saturated heterocycles. The Morgan fingerprint density at radius 1 is 1.53 bits per heavy atom. The van der Waals surface area contributed by atoms with E-state index in [1.54, 1.807) is 0 Å². The summed E-state index contributed by atoms with van der Waals surface area (Å²) in [6, 6.07) is -0.819. The molecule has 1 aliphatic carbocycles. The minimum Gasteiger partial charge on any atom is -0.480 e. The fourth-order valence-electron chi connectivity index (χ4n) is 2.14. The zero-order chi connectivity index (χ0) is 12.8. The van der Waals surface area contributed by atoms with Crippen molar-refractivity contribution in [1.82, 2.24) is 5.32 Å². The molecule has 0 aliphatic heterocycles. The zero-order valence-corrected chi connectivity index (χ0v) is 9.89. The van der Waals surface area contributed by atoms with Crippen molar-refractivity contribution >= 4 is 11.9 Å². The van der Waals surface area contributed by atoms with Crippen LogP contribution in [0.5, 0.6) is 0 Å². The van der Waals surface area contributed by atoms with Crippen LogP contribution in [0.25, 0.3) is 0 Å². The van der Waals surface area contributed by atoms with E-state index in [4.69, 9.17) is 10.8 Å². The number of amides is 1. The summed E-state index contributed by atoms with van der Waals surface area (Å²) in [7, 11) is 0. The van der Waals surface area contributed by atoms with E-state index >= 15 is 0 Å². The predicted octanol–water partition coefficient (Wildman–Crippen LogP) is 0.649. The molecule has 0 aromatic carbocycles. The quantitative estimate of drug-likeness (QED) is 0.615. The molecule has 3 unspecified atom stereocenters. The Morgan fingerprint density at radius 3 is 2.76 bits per heavy atom. The molecule has 0 aromatic rings. The standard InChI is InChI=1S/C12H20N2O3/c1-2-4-10(12(16)17)14-11(15)8-5-3-6-9(13)7-8/h2,8-10H,1,3-7,13H2,(H,14,15)(H,16,17). The van der Waals surface area contributed by atoms with Gasteiger partial charge in [0.05, 0.1) is 0 Å². The third-order valence-corrected chi connectivity index (χ3v) is 3.10. The summed E-state index contributed by atoms with van der Waals surface area (Å²) >= 11 is 0. The van der Waals surface area contributed by atoms with Crippen LogP contribution in [0.1, 0.15) is 32.1 Å². The molecule has 1 saturated carbocycles. The third-order valence-electron chi connectivity index (χ3n) is 3.10. The van der Waals surface area contributed by atoms with E-state index in [1.165, 1.54) is 6.08 Å². The second-order valence-electron chi connectivity index (χ2n) is 4.55. The van der Waals surface area contributed by atoms with E-state index in [1.807, 2.05) is 0 Å². The summed E-state index contributed by atoms with van der Waals surface area (Å²) in [5.41, 5.74) is 5.80. The lowest BCUT2D eigenvalue weighted by molar-refractivity contribution is -0.142. The number of carboxylic acid groups (broad SMARTS) is 1. The SMILES string of the molecule is C=CCC(NC(=O)C1CCCC(N)C1)C(=O)O.